The molecular weight excluding hydrogens is 338 g/mol. The van der Waals surface area contributed by atoms with Crippen LogP contribution in [0.15, 0.2) is 48.5 Å². The molecule has 142 valence electrons. The lowest BCUT2D eigenvalue weighted by Gasteiger charge is -2.42. The maximum Gasteiger partial charge on any atom is 0.330 e. The number of fused-ring (bicyclic) bond motifs is 1. The van der Waals surface area contributed by atoms with E-state index in [1.165, 1.54) is 0 Å². The third-order valence-corrected chi connectivity index (χ3v) is 5.57. The second kappa shape index (κ2) is 7.55. The van der Waals surface area contributed by atoms with Gasteiger partial charge in [-0.05, 0) is 43.5 Å². The Labute approximate surface area is 160 Å². The van der Waals surface area contributed by atoms with Crippen molar-refractivity contribution in [2.24, 2.45) is 0 Å². The summed E-state index contributed by atoms with van der Waals surface area (Å²) >= 11 is 0. The van der Waals surface area contributed by atoms with Crippen molar-refractivity contribution in [2.75, 3.05) is 0 Å². The van der Waals surface area contributed by atoms with Crippen molar-refractivity contribution in [3.05, 3.63) is 70.8 Å². The number of nitrogens with zero attached hydrogens (tertiary/aromatic N) is 1. The maximum absolute atomic E-state index is 13.5. The van der Waals surface area contributed by atoms with Gasteiger partial charge in [0.2, 0.25) is 0 Å². The highest BCUT2D eigenvalue weighted by Crippen LogP contribution is 2.38. The number of amides is 1. The van der Waals surface area contributed by atoms with Gasteiger partial charge in [0, 0.05) is 24.4 Å². The van der Waals surface area contributed by atoms with Gasteiger partial charge >= 0.3 is 5.97 Å². The smallest absolute Gasteiger partial charge is 0.330 e. The van der Waals surface area contributed by atoms with Crippen molar-refractivity contribution >= 4 is 11.9 Å². The van der Waals surface area contributed by atoms with Gasteiger partial charge in [0.15, 0.2) is 0 Å². The first-order valence-electron chi connectivity index (χ1n) is 9.59. The Morgan fingerprint density at radius 1 is 1.11 bits per heavy atom. The van der Waals surface area contributed by atoms with Crippen molar-refractivity contribution in [3.63, 3.8) is 0 Å². The van der Waals surface area contributed by atoms with Crippen LogP contribution < -0.4 is 0 Å². The largest absolute Gasteiger partial charge is 0.479 e. The predicted octanol–water partition coefficient (Wildman–Crippen LogP) is 4.25. The van der Waals surface area contributed by atoms with E-state index in [0.717, 1.165) is 29.5 Å². The van der Waals surface area contributed by atoms with Crippen molar-refractivity contribution in [2.45, 2.75) is 58.0 Å². The van der Waals surface area contributed by atoms with Crippen LogP contribution in [-0.4, -0.2) is 33.5 Å². The predicted molar refractivity (Wildman–Crippen MR) is 106 cm³/mol. The Morgan fingerprint density at radius 2 is 1.74 bits per heavy atom. The molecule has 0 bridgehead atoms. The Bertz CT molecular complexity index is 833. The molecule has 1 aliphatic rings. The molecule has 0 heterocycles. The Hall–Kier alpha value is -2.62. The van der Waals surface area contributed by atoms with Gasteiger partial charge in [-0.15, -0.1) is 0 Å². The van der Waals surface area contributed by atoms with Crippen molar-refractivity contribution in [1.82, 2.24) is 4.90 Å². The van der Waals surface area contributed by atoms with Crippen LogP contribution in [-0.2, 0) is 17.6 Å². The van der Waals surface area contributed by atoms with Gasteiger partial charge in [0.1, 0.15) is 5.54 Å². The molecule has 0 spiro atoms. The van der Waals surface area contributed by atoms with Crippen LogP contribution in [0.1, 0.15) is 53.7 Å². The number of aryl methyl sites for hydroxylation is 1. The molecule has 0 aromatic heterocycles. The Kier molecular flexibility index (Phi) is 5.36. The van der Waals surface area contributed by atoms with Crippen LogP contribution in [0.3, 0.4) is 0 Å². The van der Waals surface area contributed by atoms with Crippen LogP contribution in [0.2, 0.25) is 0 Å². The molecule has 4 heteroatoms. The molecule has 0 fully saturated rings. The van der Waals surface area contributed by atoms with Crippen LogP contribution in [0, 0.1) is 6.92 Å². The first-order chi connectivity index (χ1) is 12.9. The Morgan fingerprint density at radius 3 is 2.26 bits per heavy atom. The lowest BCUT2D eigenvalue weighted by molar-refractivity contribution is -0.150. The van der Waals surface area contributed by atoms with Crippen LogP contribution in [0.4, 0.5) is 0 Å². The average molecular weight is 365 g/mol. The third kappa shape index (κ3) is 3.48. The fourth-order valence-electron chi connectivity index (χ4n) is 4.30. The number of rotatable bonds is 6. The molecule has 27 heavy (non-hydrogen) atoms. The van der Waals surface area contributed by atoms with Crippen molar-refractivity contribution in [1.29, 1.82) is 0 Å². The number of carboxylic acid groups (broad SMARTS) is 1. The average Bonchev–Trinajstić information content (AvgIpc) is 3.02. The number of carbonyl (C=O) groups is 2. The molecule has 2 aromatic carbocycles. The molecule has 1 N–H and O–H groups in total. The van der Waals surface area contributed by atoms with Crippen LogP contribution >= 0.6 is 0 Å². The van der Waals surface area contributed by atoms with E-state index in [2.05, 4.69) is 6.92 Å². The number of carbonyl (C=O) groups excluding carboxylic acids is 1. The SMILES string of the molecule is CCCC(C)N(C(=O)c1cccc(C)c1)C1(C(=O)O)Cc2ccccc2C1. The summed E-state index contributed by atoms with van der Waals surface area (Å²) in [5, 5.41) is 10.3. The molecule has 1 aliphatic carbocycles. The van der Waals surface area contributed by atoms with Crippen molar-refractivity contribution in [3.8, 4) is 0 Å². The summed E-state index contributed by atoms with van der Waals surface area (Å²) in [6.07, 6.45) is 2.36. The summed E-state index contributed by atoms with van der Waals surface area (Å²) in [6.45, 7) is 5.96. The van der Waals surface area contributed by atoms with E-state index in [0.29, 0.717) is 18.4 Å². The molecule has 0 saturated heterocycles. The fourth-order valence-corrected chi connectivity index (χ4v) is 4.30. The van der Waals surface area contributed by atoms with E-state index < -0.39 is 11.5 Å². The zero-order valence-electron chi connectivity index (χ0n) is 16.2. The molecule has 0 saturated carbocycles. The van der Waals surface area contributed by atoms with E-state index >= 15 is 0 Å². The highest BCUT2D eigenvalue weighted by atomic mass is 16.4. The van der Waals surface area contributed by atoms with Gasteiger partial charge in [-0.1, -0.05) is 55.3 Å². The van der Waals surface area contributed by atoms with Gasteiger partial charge < -0.3 is 10.0 Å². The summed E-state index contributed by atoms with van der Waals surface area (Å²) < 4.78 is 0. The van der Waals surface area contributed by atoms with Gasteiger partial charge in [-0.25, -0.2) is 4.79 Å². The molecule has 3 rings (SSSR count). The highest BCUT2D eigenvalue weighted by molar-refractivity contribution is 5.99. The second-order valence-electron chi connectivity index (χ2n) is 7.64. The molecule has 1 atom stereocenters. The quantitative estimate of drug-likeness (QED) is 0.833. The number of benzene rings is 2. The first kappa shape index (κ1) is 19.2. The molecule has 2 aromatic rings. The van der Waals surface area contributed by atoms with E-state index in [4.69, 9.17) is 0 Å². The molecule has 4 nitrogen and oxygen atoms in total. The highest BCUT2D eigenvalue weighted by Gasteiger charge is 2.52. The number of hydrogen-bond acceptors (Lipinski definition) is 2. The molecule has 1 unspecified atom stereocenters. The summed E-state index contributed by atoms with van der Waals surface area (Å²) in [5.74, 6) is -1.13. The lowest BCUT2D eigenvalue weighted by atomic mass is 9.89. The summed E-state index contributed by atoms with van der Waals surface area (Å²) in [6, 6.07) is 15.0. The van der Waals surface area contributed by atoms with E-state index in [1.807, 2.05) is 56.3 Å². The van der Waals surface area contributed by atoms with Crippen LogP contribution in [0.5, 0.6) is 0 Å². The molecule has 1 amide bonds. The fraction of sp³-hybridized carbons (Fsp3) is 0.391. The van der Waals surface area contributed by atoms with E-state index in [1.54, 1.807) is 11.0 Å². The topological polar surface area (TPSA) is 57.6 Å². The zero-order chi connectivity index (χ0) is 19.6. The molecular formula is C23H27NO3. The van der Waals surface area contributed by atoms with Crippen molar-refractivity contribution < 1.29 is 14.7 Å². The summed E-state index contributed by atoms with van der Waals surface area (Å²) in [5.41, 5.74) is 2.34. The van der Waals surface area contributed by atoms with Crippen LogP contribution in [0.25, 0.3) is 0 Å². The normalized spacial score (nSPS) is 15.8. The summed E-state index contributed by atoms with van der Waals surface area (Å²) in [7, 11) is 0. The monoisotopic (exact) mass is 365 g/mol. The minimum absolute atomic E-state index is 0.159. The number of hydrogen-bond donors (Lipinski definition) is 1. The minimum atomic E-state index is -1.24. The standard InChI is InChI=1S/C23H27NO3/c1-4-8-17(3)24(21(25)18-12-7-9-16(2)13-18)23(22(26)27)14-19-10-5-6-11-20(19)15-23/h5-7,9-13,17H,4,8,14-15H2,1-3H3,(H,26,27). The first-order valence-corrected chi connectivity index (χ1v) is 9.59. The zero-order valence-corrected chi connectivity index (χ0v) is 16.2. The van der Waals surface area contributed by atoms with Gasteiger partial charge in [-0.2, -0.15) is 0 Å². The third-order valence-electron chi connectivity index (χ3n) is 5.57. The minimum Gasteiger partial charge on any atom is -0.479 e. The summed E-state index contributed by atoms with van der Waals surface area (Å²) in [4.78, 5) is 27.7. The van der Waals surface area contributed by atoms with E-state index in [9.17, 15) is 14.7 Å². The molecule has 0 radical (unpaired) electrons. The maximum atomic E-state index is 13.5. The second-order valence-corrected chi connectivity index (χ2v) is 7.64. The molecule has 0 aliphatic heterocycles. The van der Waals surface area contributed by atoms with Gasteiger partial charge in [0.05, 0.1) is 0 Å². The van der Waals surface area contributed by atoms with E-state index in [-0.39, 0.29) is 11.9 Å². The number of carboxylic acids is 1. The lowest BCUT2D eigenvalue weighted by Crippen LogP contribution is -2.61. The Balaban J connectivity index is 2.09. The number of aliphatic carboxylic acids is 1. The van der Waals surface area contributed by atoms with Gasteiger partial charge in [0.25, 0.3) is 5.91 Å². The van der Waals surface area contributed by atoms with Gasteiger partial charge in [-0.3, -0.25) is 4.79 Å².